The molecule has 2 rings (SSSR count). The average Bonchev–Trinajstić information content (AvgIpc) is 2.02. The predicted molar refractivity (Wildman–Crippen MR) is 45.6 cm³/mol. The molecule has 0 aliphatic carbocycles. The molecule has 11 heavy (non-hydrogen) atoms. The van der Waals surface area contributed by atoms with Crippen LogP contribution < -0.4 is 0 Å². The highest BCUT2D eigenvalue weighted by Crippen LogP contribution is 2.41. The van der Waals surface area contributed by atoms with Gasteiger partial charge in [0.15, 0.2) is 0 Å². The van der Waals surface area contributed by atoms with Gasteiger partial charge in [0.2, 0.25) is 0 Å². The van der Waals surface area contributed by atoms with Gasteiger partial charge in [-0.2, -0.15) is 0 Å². The summed E-state index contributed by atoms with van der Waals surface area (Å²) in [7, 11) is 0. The minimum absolute atomic E-state index is 0.108. The summed E-state index contributed by atoms with van der Waals surface area (Å²) in [5.74, 6) is 0. The van der Waals surface area contributed by atoms with Gasteiger partial charge in [0.25, 0.3) is 0 Å². The summed E-state index contributed by atoms with van der Waals surface area (Å²) in [5.41, 5.74) is 0. The highest BCUT2D eigenvalue weighted by atomic mass is 32.2. The summed E-state index contributed by atoms with van der Waals surface area (Å²) in [6.45, 7) is 0. The van der Waals surface area contributed by atoms with Crippen molar-refractivity contribution in [3.05, 3.63) is 0 Å². The lowest BCUT2D eigenvalue weighted by Gasteiger charge is -2.40. The minimum Gasteiger partial charge on any atom is -0.392 e. The van der Waals surface area contributed by atoms with Crippen molar-refractivity contribution in [2.24, 2.45) is 0 Å². The van der Waals surface area contributed by atoms with Crippen LogP contribution in [-0.2, 0) is 0 Å². The second-order valence-electron chi connectivity index (χ2n) is 3.50. The Balaban J connectivity index is 2.02. The van der Waals surface area contributed by atoms with Gasteiger partial charge in [-0.3, -0.25) is 0 Å². The lowest BCUT2D eigenvalue weighted by Crippen LogP contribution is -2.41. The fourth-order valence-corrected chi connectivity index (χ4v) is 3.60. The molecular weight excluding hydrogens is 160 g/mol. The average molecular weight is 174 g/mol. The van der Waals surface area contributed by atoms with Crippen molar-refractivity contribution in [2.75, 3.05) is 0 Å². The number of thioether (sulfide) groups is 1. The number of hydrogen-bond acceptors (Lipinski definition) is 3. The molecule has 0 saturated carbocycles. The number of rotatable bonds is 0. The quantitative estimate of drug-likeness (QED) is 0.570. The fraction of sp³-hybridized carbons (Fsp3) is 1.00. The molecule has 0 aromatic rings. The zero-order valence-electron chi connectivity index (χ0n) is 6.44. The third-order valence-corrected chi connectivity index (χ3v) is 4.50. The van der Waals surface area contributed by atoms with Gasteiger partial charge in [-0.1, -0.05) is 0 Å². The number of aliphatic hydroxyl groups excluding tert-OH is 2. The van der Waals surface area contributed by atoms with Crippen LogP contribution in [0.1, 0.15) is 25.7 Å². The summed E-state index contributed by atoms with van der Waals surface area (Å²) in [4.78, 5) is 0. The third-order valence-electron chi connectivity index (χ3n) is 2.70. The van der Waals surface area contributed by atoms with E-state index in [1.807, 2.05) is 0 Å². The molecule has 2 heterocycles. The van der Waals surface area contributed by atoms with Crippen LogP contribution in [0.5, 0.6) is 0 Å². The molecule has 2 aliphatic heterocycles. The van der Waals surface area contributed by atoms with Crippen molar-refractivity contribution in [1.29, 1.82) is 0 Å². The molecule has 2 saturated heterocycles. The van der Waals surface area contributed by atoms with Crippen LogP contribution in [0.3, 0.4) is 0 Å². The van der Waals surface area contributed by atoms with Crippen LogP contribution in [0.15, 0.2) is 0 Å². The van der Waals surface area contributed by atoms with Gasteiger partial charge in [-0.15, -0.1) is 11.8 Å². The summed E-state index contributed by atoms with van der Waals surface area (Å²) >= 11 is 1.79. The van der Waals surface area contributed by atoms with Gasteiger partial charge >= 0.3 is 0 Å². The first-order valence-corrected chi connectivity index (χ1v) is 5.23. The summed E-state index contributed by atoms with van der Waals surface area (Å²) in [6, 6.07) is 0. The number of hydrogen-bond donors (Lipinski definition) is 2. The second-order valence-corrected chi connectivity index (χ2v) is 4.99. The van der Waals surface area contributed by atoms with Crippen LogP contribution in [0.4, 0.5) is 0 Å². The van der Waals surface area contributed by atoms with Crippen LogP contribution in [0, 0.1) is 0 Å². The van der Waals surface area contributed by atoms with Crippen LogP contribution in [0.25, 0.3) is 0 Å². The Morgan fingerprint density at radius 2 is 1.27 bits per heavy atom. The minimum atomic E-state index is -0.108. The molecule has 3 heteroatoms. The first-order chi connectivity index (χ1) is 5.27. The van der Waals surface area contributed by atoms with E-state index in [2.05, 4.69) is 0 Å². The maximum atomic E-state index is 9.50. The van der Waals surface area contributed by atoms with E-state index >= 15 is 0 Å². The Morgan fingerprint density at radius 1 is 0.818 bits per heavy atom. The van der Waals surface area contributed by atoms with E-state index in [0.717, 1.165) is 25.7 Å². The van der Waals surface area contributed by atoms with Crippen molar-refractivity contribution < 1.29 is 10.2 Å². The van der Waals surface area contributed by atoms with Gasteiger partial charge in [-0.05, 0) is 25.7 Å². The van der Waals surface area contributed by atoms with E-state index in [1.54, 1.807) is 11.8 Å². The summed E-state index contributed by atoms with van der Waals surface area (Å²) in [5, 5.41) is 19.8. The molecule has 64 valence electrons. The van der Waals surface area contributed by atoms with Gasteiger partial charge in [-0.25, -0.2) is 0 Å². The second kappa shape index (κ2) is 2.96. The Hall–Kier alpha value is 0.270. The number of fused-ring (bicyclic) bond motifs is 2. The smallest absolute Gasteiger partial charge is 0.0659 e. The Kier molecular flexibility index (Phi) is 2.12. The molecule has 0 aromatic carbocycles. The highest BCUT2D eigenvalue weighted by molar-refractivity contribution is 8.00. The predicted octanol–water partition coefficient (Wildman–Crippen LogP) is 0.766. The van der Waals surface area contributed by atoms with E-state index in [1.165, 1.54) is 0 Å². The molecule has 0 amide bonds. The van der Waals surface area contributed by atoms with E-state index < -0.39 is 0 Å². The molecule has 0 aromatic heterocycles. The maximum Gasteiger partial charge on any atom is 0.0659 e. The van der Waals surface area contributed by atoms with Gasteiger partial charge in [0.1, 0.15) is 0 Å². The Bertz CT molecular complexity index is 135. The Labute approximate surface area is 71.0 Å². The molecule has 4 atom stereocenters. The van der Waals surface area contributed by atoms with Gasteiger partial charge in [0.05, 0.1) is 12.2 Å². The molecule has 0 unspecified atom stereocenters. The monoisotopic (exact) mass is 174 g/mol. The SMILES string of the molecule is O[C@@H]1CC[C@@H]2S[C@H]1CC[C@H]2O. The lowest BCUT2D eigenvalue weighted by atomic mass is 9.95. The van der Waals surface area contributed by atoms with Crippen molar-refractivity contribution in [2.45, 2.75) is 48.4 Å². The molecule has 2 N–H and O–H groups in total. The number of aliphatic hydroxyl groups is 2. The maximum absolute atomic E-state index is 9.50. The standard InChI is InChI=1S/C8H14O2S/c9-5-1-3-7-6(10)2-4-8(5)11-7/h5-10H,1-4H2/t5-,6-,7+,8+/m1/s1. The lowest BCUT2D eigenvalue weighted by molar-refractivity contribution is 0.0913. The highest BCUT2D eigenvalue weighted by Gasteiger charge is 2.37. The molecule has 2 fully saturated rings. The van der Waals surface area contributed by atoms with Crippen molar-refractivity contribution >= 4 is 11.8 Å². The Morgan fingerprint density at radius 3 is 1.73 bits per heavy atom. The molecular formula is C8H14O2S. The molecule has 2 nitrogen and oxygen atoms in total. The van der Waals surface area contributed by atoms with E-state index in [-0.39, 0.29) is 12.2 Å². The molecule has 2 bridgehead atoms. The zero-order chi connectivity index (χ0) is 7.84. The van der Waals surface area contributed by atoms with Crippen LogP contribution in [-0.4, -0.2) is 32.9 Å². The van der Waals surface area contributed by atoms with Crippen molar-refractivity contribution in [3.8, 4) is 0 Å². The van der Waals surface area contributed by atoms with Crippen molar-refractivity contribution in [1.82, 2.24) is 0 Å². The van der Waals surface area contributed by atoms with E-state index in [9.17, 15) is 10.2 Å². The third kappa shape index (κ3) is 1.42. The van der Waals surface area contributed by atoms with E-state index in [4.69, 9.17) is 0 Å². The largest absolute Gasteiger partial charge is 0.392 e. The molecule has 0 radical (unpaired) electrons. The molecule has 0 spiro atoms. The van der Waals surface area contributed by atoms with Crippen LogP contribution >= 0.6 is 11.8 Å². The molecule has 2 aliphatic rings. The fourth-order valence-electron chi connectivity index (χ4n) is 1.97. The van der Waals surface area contributed by atoms with Crippen LogP contribution in [0.2, 0.25) is 0 Å². The topological polar surface area (TPSA) is 40.5 Å². The van der Waals surface area contributed by atoms with E-state index in [0.29, 0.717) is 10.5 Å². The van der Waals surface area contributed by atoms with Crippen molar-refractivity contribution in [3.63, 3.8) is 0 Å². The first-order valence-electron chi connectivity index (χ1n) is 4.29. The van der Waals surface area contributed by atoms with Gasteiger partial charge in [0, 0.05) is 10.5 Å². The normalized spacial score (nSPS) is 50.7. The zero-order valence-corrected chi connectivity index (χ0v) is 7.26. The summed E-state index contributed by atoms with van der Waals surface area (Å²) < 4.78 is 0. The summed E-state index contributed by atoms with van der Waals surface area (Å²) in [6.07, 6.45) is 3.54. The first kappa shape index (κ1) is 7.90. The van der Waals surface area contributed by atoms with Gasteiger partial charge < -0.3 is 10.2 Å².